The Kier molecular flexibility index (Phi) is 3.81. The van der Waals surface area contributed by atoms with Crippen molar-refractivity contribution in [1.82, 2.24) is 0 Å². The molecule has 0 amide bonds. The lowest BCUT2D eigenvalue weighted by atomic mass is 10.2. The van der Waals surface area contributed by atoms with E-state index in [1.165, 1.54) is 23.5 Å². The van der Waals surface area contributed by atoms with Crippen LogP contribution < -0.4 is 0 Å². The van der Waals surface area contributed by atoms with Gasteiger partial charge in [-0.05, 0) is 23.1 Å². The van der Waals surface area contributed by atoms with Crippen LogP contribution >= 0.6 is 35.1 Å². The van der Waals surface area contributed by atoms with E-state index in [2.05, 4.69) is 0 Å². The fourth-order valence-corrected chi connectivity index (χ4v) is 3.50. The zero-order valence-corrected chi connectivity index (χ0v) is 10.9. The maximum Gasteiger partial charge on any atom is 0.150 e. The van der Waals surface area contributed by atoms with E-state index in [0.29, 0.717) is 5.02 Å². The minimum atomic E-state index is 0.167. The van der Waals surface area contributed by atoms with Crippen molar-refractivity contribution in [3.63, 3.8) is 0 Å². The van der Waals surface area contributed by atoms with Gasteiger partial charge in [-0.3, -0.25) is 0 Å². The Morgan fingerprint density at radius 3 is 2.35 bits per heavy atom. The normalized spacial score (nSPS) is 13.8. The molecule has 0 radical (unpaired) electrons. The van der Waals surface area contributed by atoms with Gasteiger partial charge in [0.2, 0.25) is 0 Å². The van der Waals surface area contributed by atoms with E-state index in [1.54, 1.807) is 0 Å². The molecule has 0 aromatic heterocycles. The van der Waals surface area contributed by atoms with Crippen molar-refractivity contribution in [2.45, 2.75) is 0 Å². The van der Waals surface area contributed by atoms with E-state index in [9.17, 15) is 0 Å². The van der Waals surface area contributed by atoms with Crippen molar-refractivity contribution in [2.75, 3.05) is 0 Å². The Balaban J connectivity index is 2.25. The Morgan fingerprint density at radius 2 is 1.76 bits per heavy atom. The van der Waals surface area contributed by atoms with Crippen LogP contribution in [0.25, 0.3) is 4.91 Å². The summed E-state index contributed by atoms with van der Waals surface area (Å²) in [4.78, 5) is 1.03. The molecule has 2 rings (SSSR count). The van der Waals surface area contributed by atoms with Crippen molar-refractivity contribution >= 4 is 40.0 Å². The SMILES string of the molecule is N#CC(C#N)=C1SC=C(c2ccc(Cl)cc2)S1. The maximum absolute atomic E-state index is 8.78. The smallest absolute Gasteiger partial charge is 0.150 e. The number of hydrogen-bond acceptors (Lipinski definition) is 4. The summed E-state index contributed by atoms with van der Waals surface area (Å²) in [6.45, 7) is 0. The van der Waals surface area contributed by atoms with Crippen molar-refractivity contribution < 1.29 is 0 Å². The van der Waals surface area contributed by atoms with Gasteiger partial charge in [-0.15, -0.1) is 0 Å². The number of nitriles is 2. The molecule has 5 heteroatoms. The number of hydrogen-bond donors (Lipinski definition) is 0. The van der Waals surface area contributed by atoms with Crippen molar-refractivity contribution in [2.24, 2.45) is 0 Å². The molecule has 1 aliphatic rings. The third-order valence-electron chi connectivity index (χ3n) is 2.03. The number of halogens is 1. The first-order valence-corrected chi connectivity index (χ1v) is 6.67. The number of benzene rings is 1. The van der Waals surface area contributed by atoms with Gasteiger partial charge in [0.15, 0.2) is 0 Å². The molecule has 0 saturated heterocycles. The average molecular weight is 277 g/mol. The van der Waals surface area contributed by atoms with Gasteiger partial charge in [0.1, 0.15) is 17.7 Å². The van der Waals surface area contributed by atoms with Crippen molar-refractivity contribution in [1.29, 1.82) is 10.5 Å². The minimum absolute atomic E-state index is 0.167. The van der Waals surface area contributed by atoms with Crippen molar-refractivity contribution in [3.05, 3.63) is 50.1 Å². The van der Waals surface area contributed by atoms with Gasteiger partial charge in [-0.25, -0.2) is 0 Å². The lowest BCUT2D eigenvalue weighted by Gasteiger charge is -2.00. The minimum Gasteiger partial charge on any atom is -0.192 e. The highest BCUT2D eigenvalue weighted by Crippen LogP contribution is 2.49. The molecule has 0 atom stereocenters. The highest BCUT2D eigenvalue weighted by molar-refractivity contribution is 8.31. The molecule has 2 nitrogen and oxygen atoms in total. The van der Waals surface area contributed by atoms with E-state index in [4.69, 9.17) is 22.1 Å². The van der Waals surface area contributed by atoms with Gasteiger partial charge in [-0.2, -0.15) is 10.5 Å². The standard InChI is InChI=1S/C12H5ClN2S2/c13-10-3-1-8(2-4-10)11-7-16-12(17-11)9(5-14)6-15/h1-4,7H. The zero-order chi connectivity index (χ0) is 12.3. The zero-order valence-electron chi connectivity index (χ0n) is 8.48. The van der Waals surface area contributed by atoms with Crippen LogP contribution in [0.15, 0.2) is 39.5 Å². The first-order chi connectivity index (χ1) is 8.24. The van der Waals surface area contributed by atoms with Gasteiger partial charge >= 0.3 is 0 Å². The maximum atomic E-state index is 8.78. The van der Waals surface area contributed by atoms with Gasteiger partial charge in [0.05, 0.1) is 4.24 Å². The molecular weight excluding hydrogens is 272 g/mol. The largest absolute Gasteiger partial charge is 0.192 e. The summed E-state index contributed by atoms with van der Waals surface area (Å²) in [5.41, 5.74) is 1.21. The number of nitrogens with zero attached hydrogens (tertiary/aromatic N) is 2. The molecule has 82 valence electrons. The first kappa shape index (κ1) is 12.1. The fourth-order valence-electron chi connectivity index (χ4n) is 1.22. The number of allylic oxidation sites excluding steroid dienone is 1. The predicted octanol–water partition coefficient (Wildman–Crippen LogP) is 4.38. The fraction of sp³-hybridized carbons (Fsp3) is 0. The van der Waals surface area contributed by atoms with E-state index in [0.717, 1.165) is 14.7 Å². The summed E-state index contributed by atoms with van der Waals surface area (Å²) < 4.78 is 0.736. The Bertz CT molecular complexity index is 572. The van der Waals surface area contributed by atoms with Crippen LogP contribution in [0.4, 0.5) is 0 Å². The van der Waals surface area contributed by atoms with Gasteiger partial charge in [0.25, 0.3) is 0 Å². The summed E-state index contributed by atoms with van der Waals surface area (Å²) in [5.74, 6) is 0. The molecule has 0 N–H and O–H groups in total. The topological polar surface area (TPSA) is 47.6 Å². The van der Waals surface area contributed by atoms with Crippen LogP contribution in [0.5, 0.6) is 0 Å². The summed E-state index contributed by atoms with van der Waals surface area (Å²) >= 11 is 8.67. The van der Waals surface area contributed by atoms with Crippen LogP contribution in [-0.4, -0.2) is 0 Å². The monoisotopic (exact) mass is 276 g/mol. The lowest BCUT2D eigenvalue weighted by Crippen LogP contribution is -1.77. The third kappa shape index (κ3) is 2.68. The average Bonchev–Trinajstić information content (AvgIpc) is 2.81. The number of thioether (sulfide) groups is 2. The molecular formula is C12H5ClN2S2. The first-order valence-electron chi connectivity index (χ1n) is 4.59. The summed E-state index contributed by atoms with van der Waals surface area (Å²) in [5, 5.41) is 20.2. The molecule has 0 aliphatic carbocycles. The van der Waals surface area contributed by atoms with E-state index < -0.39 is 0 Å². The highest BCUT2D eigenvalue weighted by Gasteiger charge is 2.17. The molecule has 1 heterocycles. The molecule has 0 fully saturated rings. The summed E-state index contributed by atoms with van der Waals surface area (Å²) in [7, 11) is 0. The van der Waals surface area contributed by atoms with E-state index in [1.807, 2.05) is 41.8 Å². The van der Waals surface area contributed by atoms with E-state index >= 15 is 0 Å². The van der Waals surface area contributed by atoms with E-state index in [-0.39, 0.29) is 5.57 Å². The Labute approximate surface area is 113 Å². The van der Waals surface area contributed by atoms with Crippen LogP contribution in [0.3, 0.4) is 0 Å². The van der Waals surface area contributed by atoms with Crippen LogP contribution in [0.1, 0.15) is 5.56 Å². The second-order valence-corrected chi connectivity index (χ2v) is 5.72. The molecule has 0 unspecified atom stereocenters. The van der Waals surface area contributed by atoms with Crippen LogP contribution in [0, 0.1) is 22.7 Å². The number of rotatable bonds is 1. The molecule has 0 saturated carbocycles. The lowest BCUT2D eigenvalue weighted by molar-refractivity contribution is 1.47. The quantitative estimate of drug-likeness (QED) is 0.714. The molecule has 0 spiro atoms. The summed E-state index contributed by atoms with van der Waals surface area (Å²) in [6, 6.07) is 11.3. The van der Waals surface area contributed by atoms with Gasteiger partial charge in [-0.1, -0.05) is 47.3 Å². The highest BCUT2D eigenvalue weighted by atomic mass is 35.5. The Hall–Kier alpha value is -1.33. The third-order valence-corrected chi connectivity index (χ3v) is 4.71. The summed E-state index contributed by atoms with van der Waals surface area (Å²) in [6.07, 6.45) is 0. The van der Waals surface area contributed by atoms with Crippen LogP contribution in [-0.2, 0) is 0 Å². The molecule has 0 bridgehead atoms. The second-order valence-electron chi connectivity index (χ2n) is 3.09. The van der Waals surface area contributed by atoms with Gasteiger partial charge < -0.3 is 0 Å². The van der Waals surface area contributed by atoms with Crippen LogP contribution in [0.2, 0.25) is 5.02 Å². The molecule has 1 aromatic carbocycles. The second kappa shape index (κ2) is 5.33. The molecule has 1 aliphatic heterocycles. The van der Waals surface area contributed by atoms with Crippen molar-refractivity contribution in [3.8, 4) is 12.1 Å². The Morgan fingerprint density at radius 1 is 1.12 bits per heavy atom. The predicted molar refractivity (Wildman–Crippen MR) is 72.9 cm³/mol. The molecule has 17 heavy (non-hydrogen) atoms. The van der Waals surface area contributed by atoms with Gasteiger partial charge in [0, 0.05) is 9.93 Å². The molecule has 1 aromatic rings.